The highest BCUT2D eigenvalue weighted by Gasteiger charge is 2.22. The SMILES string of the molecule is CC.CC.CC/C=C1\CC1C.CCC.COc1ccccc1-c1c(OC)cccc1Pc1cc(C)cc(C)c1.P. The maximum atomic E-state index is 5.67. The first-order chi connectivity index (χ1) is 18.9. The van der Waals surface area contributed by atoms with Gasteiger partial charge >= 0.3 is 0 Å². The van der Waals surface area contributed by atoms with E-state index in [0.717, 1.165) is 28.5 Å². The topological polar surface area (TPSA) is 18.5 Å². The Bertz CT molecular complexity index is 1090. The summed E-state index contributed by atoms with van der Waals surface area (Å²) in [5.41, 5.74) is 6.44. The van der Waals surface area contributed by atoms with Crippen molar-refractivity contribution in [3.8, 4) is 22.6 Å². The van der Waals surface area contributed by atoms with Crippen molar-refractivity contribution in [3.63, 3.8) is 0 Å². The molecule has 0 bridgehead atoms. The number of rotatable bonds is 6. The van der Waals surface area contributed by atoms with E-state index in [4.69, 9.17) is 9.47 Å². The third-order valence-corrected chi connectivity index (χ3v) is 6.87. The minimum absolute atomic E-state index is 0. The number of hydrogen-bond donors (Lipinski definition) is 0. The van der Waals surface area contributed by atoms with Crippen molar-refractivity contribution in [2.75, 3.05) is 14.2 Å². The van der Waals surface area contributed by atoms with Crippen LogP contribution >= 0.6 is 18.5 Å². The fourth-order valence-corrected chi connectivity index (χ4v) is 5.45. The number of ether oxygens (including phenoxy) is 2. The van der Waals surface area contributed by atoms with Crippen LogP contribution in [0.2, 0.25) is 0 Å². The second-order valence-corrected chi connectivity index (χ2v) is 10.5. The van der Waals surface area contributed by atoms with Gasteiger partial charge < -0.3 is 9.47 Å². The smallest absolute Gasteiger partial charge is 0.127 e. The van der Waals surface area contributed by atoms with Gasteiger partial charge in [-0.2, -0.15) is 9.90 Å². The Labute approximate surface area is 252 Å². The second-order valence-electron chi connectivity index (χ2n) is 9.08. The summed E-state index contributed by atoms with van der Waals surface area (Å²) < 4.78 is 11.3. The molecule has 3 aromatic carbocycles. The van der Waals surface area contributed by atoms with E-state index in [1.165, 1.54) is 41.0 Å². The Kier molecular flexibility index (Phi) is 23.6. The van der Waals surface area contributed by atoms with E-state index in [-0.39, 0.29) is 9.90 Å². The van der Waals surface area contributed by atoms with Crippen LogP contribution in [0.4, 0.5) is 0 Å². The summed E-state index contributed by atoms with van der Waals surface area (Å²) in [6, 6.07) is 21.1. The summed E-state index contributed by atoms with van der Waals surface area (Å²) in [6.45, 7) is 21.0. The first kappa shape index (κ1) is 40.0. The van der Waals surface area contributed by atoms with Crippen LogP contribution in [-0.4, -0.2) is 14.2 Å². The summed E-state index contributed by atoms with van der Waals surface area (Å²) in [6.07, 6.45) is 6.18. The van der Waals surface area contributed by atoms with Gasteiger partial charge in [0, 0.05) is 11.1 Å². The maximum Gasteiger partial charge on any atom is 0.127 e. The highest BCUT2D eigenvalue weighted by Crippen LogP contribution is 2.38. The van der Waals surface area contributed by atoms with Gasteiger partial charge in [-0.3, -0.25) is 0 Å². The van der Waals surface area contributed by atoms with Gasteiger partial charge in [-0.15, -0.1) is 0 Å². The van der Waals surface area contributed by atoms with Gasteiger partial charge in [-0.1, -0.05) is 142 Å². The Hall–Kier alpha value is -2.14. The quantitative estimate of drug-likeness (QED) is 0.212. The number of benzene rings is 3. The monoisotopic (exact) mass is 584 g/mol. The number of methoxy groups -OCH3 is 2. The normalized spacial score (nSPS) is 13.6. The minimum atomic E-state index is 0. The highest BCUT2D eigenvalue weighted by atomic mass is 31.1. The highest BCUT2D eigenvalue weighted by molar-refractivity contribution is 7.55. The van der Waals surface area contributed by atoms with Crippen LogP contribution < -0.4 is 20.1 Å². The number of aryl methyl sites for hydroxylation is 2. The molecule has 0 radical (unpaired) electrons. The van der Waals surface area contributed by atoms with Gasteiger partial charge in [-0.05, 0) is 55.3 Å². The third-order valence-electron chi connectivity index (χ3n) is 5.60. The lowest BCUT2D eigenvalue weighted by atomic mass is 10.0. The molecule has 40 heavy (non-hydrogen) atoms. The average Bonchev–Trinajstić information content (AvgIpc) is 3.65. The molecule has 0 amide bonds. The molecular formula is C36H58O2P2. The summed E-state index contributed by atoms with van der Waals surface area (Å²) in [5, 5.41) is 2.59. The van der Waals surface area contributed by atoms with Crippen molar-refractivity contribution in [1.29, 1.82) is 0 Å². The first-order valence-corrected chi connectivity index (χ1v) is 15.7. The molecular weight excluding hydrogens is 526 g/mol. The predicted molar refractivity (Wildman–Crippen MR) is 190 cm³/mol. The van der Waals surface area contributed by atoms with Crippen molar-refractivity contribution in [2.45, 2.75) is 88.5 Å². The Morgan fingerprint density at radius 2 is 1.30 bits per heavy atom. The minimum Gasteiger partial charge on any atom is -0.496 e. The van der Waals surface area contributed by atoms with Gasteiger partial charge in [0.25, 0.3) is 0 Å². The summed E-state index contributed by atoms with van der Waals surface area (Å²) in [5.74, 6) is 2.66. The molecule has 0 heterocycles. The van der Waals surface area contributed by atoms with E-state index in [0.29, 0.717) is 8.58 Å². The van der Waals surface area contributed by atoms with Gasteiger partial charge in [0.05, 0.1) is 14.2 Å². The number of para-hydroxylation sites is 1. The van der Waals surface area contributed by atoms with Crippen molar-refractivity contribution in [1.82, 2.24) is 0 Å². The van der Waals surface area contributed by atoms with Crippen LogP contribution in [0.5, 0.6) is 11.5 Å². The third kappa shape index (κ3) is 14.0. The van der Waals surface area contributed by atoms with E-state index in [1.807, 2.05) is 52.0 Å². The molecule has 1 aliphatic carbocycles. The summed E-state index contributed by atoms with van der Waals surface area (Å²) in [4.78, 5) is 0. The van der Waals surface area contributed by atoms with Crippen molar-refractivity contribution in [3.05, 3.63) is 83.4 Å². The van der Waals surface area contributed by atoms with E-state index in [1.54, 1.807) is 19.8 Å². The van der Waals surface area contributed by atoms with E-state index in [9.17, 15) is 0 Å². The van der Waals surface area contributed by atoms with E-state index >= 15 is 0 Å². The molecule has 0 aliphatic heterocycles. The van der Waals surface area contributed by atoms with Crippen molar-refractivity contribution >= 4 is 29.1 Å². The predicted octanol–water partition coefficient (Wildman–Crippen LogP) is 10.5. The van der Waals surface area contributed by atoms with E-state index in [2.05, 4.69) is 84.0 Å². The van der Waals surface area contributed by atoms with Gasteiger partial charge in [0.15, 0.2) is 0 Å². The maximum absolute atomic E-state index is 5.67. The number of allylic oxidation sites excluding steroid dienone is 2. The van der Waals surface area contributed by atoms with E-state index < -0.39 is 0 Å². The molecule has 4 heteroatoms. The molecule has 0 aromatic heterocycles. The zero-order valence-electron chi connectivity index (χ0n) is 27.6. The standard InChI is InChI=1S/C22H23O2P.C7H12.C3H8.2C2H6.H3P/c1-15-12-16(2)14-17(13-15)25-21-11-7-10-20(24-4)22(21)18-8-5-6-9-19(18)23-3;1-3-4-7-5-6(7)2;1-3-2;2*1-2;/h5-14,25H,1-4H3;4,6H,3,5H2,1-2H3;3H2,1-2H3;2*1-2H3;1H3/b;7-4+;;;;. The molecule has 3 atom stereocenters. The summed E-state index contributed by atoms with van der Waals surface area (Å²) >= 11 is 0. The molecule has 1 fully saturated rings. The zero-order chi connectivity index (χ0) is 29.8. The molecule has 1 aliphatic rings. The summed E-state index contributed by atoms with van der Waals surface area (Å²) in [7, 11) is 3.98. The molecule has 4 rings (SSSR count). The van der Waals surface area contributed by atoms with Crippen LogP contribution in [0.3, 0.4) is 0 Å². The second kappa shape index (κ2) is 23.6. The lowest BCUT2D eigenvalue weighted by Gasteiger charge is -2.17. The van der Waals surface area contributed by atoms with Crippen LogP contribution in [0.25, 0.3) is 11.1 Å². The van der Waals surface area contributed by atoms with Crippen LogP contribution in [-0.2, 0) is 0 Å². The fraction of sp³-hybridized carbons (Fsp3) is 0.444. The molecule has 0 spiro atoms. The Balaban J connectivity index is 0. The molecule has 3 aromatic rings. The zero-order valence-corrected chi connectivity index (χ0v) is 30.0. The molecule has 0 N–H and O–H groups in total. The largest absolute Gasteiger partial charge is 0.496 e. The molecule has 0 saturated heterocycles. The Morgan fingerprint density at radius 1 is 0.800 bits per heavy atom. The van der Waals surface area contributed by atoms with Gasteiger partial charge in [0.2, 0.25) is 0 Å². The molecule has 3 unspecified atom stereocenters. The molecule has 224 valence electrons. The average molecular weight is 585 g/mol. The lowest BCUT2D eigenvalue weighted by molar-refractivity contribution is 0.410. The first-order valence-electron chi connectivity index (χ1n) is 14.7. The van der Waals surface area contributed by atoms with Crippen LogP contribution in [0, 0.1) is 19.8 Å². The Morgan fingerprint density at radius 3 is 1.75 bits per heavy atom. The van der Waals surface area contributed by atoms with Gasteiger partial charge in [-0.25, -0.2) is 0 Å². The molecule has 1 saturated carbocycles. The number of hydrogen-bond acceptors (Lipinski definition) is 2. The van der Waals surface area contributed by atoms with Crippen LogP contribution in [0.15, 0.2) is 72.3 Å². The van der Waals surface area contributed by atoms with Gasteiger partial charge in [0.1, 0.15) is 11.5 Å². The van der Waals surface area contributed by atoms with Crippen LogP contribution in [0.1, 0.15) is 85.8 Å². The van der Waals surface area contributed by atoms with Crippen molar-refractivity contribution < 1.29 is 9.47 Å². The molecule has 2 nitrogen and oxygen atoms in total. The lowest BCUT2D eigenvalue weighted by Crippen LogP contribution is -2.09. The fourth-order valence-electron chi connectivity index (χ4n) is 3.98. The van der Waals surface area contributed by atoms with Crippen molar-refractivity contribution in [2.24, 2.45) is 5.92 Å².